The number of carbonyl (C=O) groups is 2. The molecule has 1 fully saturated rings. The quantitative estimate of drug-likeness (QED) is 0.423. The predicted molar refractivity (Wildman–Crippen MR) is 109 cm³/mol. The molecule has 0 bridgehead atoms. The van der Waals surface area contributed by atoms with Crippen LogP contribution in [0.3, 0.4) is 0 Å². The van der Waals surface area contributed by atoms with Crippen molar-refractivity contribution in [1.29, 1.82) is 0 Å². The predicted octanol–water partition coefficient (Wildman–Crippen LogP) is 2.13. The van der Waals surface area contributed by atoms with Gasteiger partial charge >= 0.3 is 0 Å². The first-order chi connectivity index (χ1) is 14.8. The van der Waals surface area contributed by atoms with Crippen LogP contribution in [0.25, 0.3) is 6.08 Å². The van der Waals surface area contributed by atoms with Crippen LogP contribution in [0.15, 0.2) is 54.2 Å². The zero-order valence-electron chi connectivity index (χ0n) is 16.2. The van der Waals surface area contributed by atoms with Crippen molar-refractivity contribution < 1.29 is 24.2 Å². The summed E-state index contributed by atoms with van der Waals surface area (Å²) in [5.74, 6) is -1.11. The highest BCUT2D eigenvalue weighted by Gasteiger charge is 2.23. The van der Waals surface area contributed by atoms with E-state index in [0.29, 0.717) is 31.9 Å². The third kappa shape index (κ3) is 5.48. The summed E-state index contributed by atoms with van der Waals surface area (Å²) in [7, 11) is 0. The largest absolute Gasteiger partial charge is 0.378 e. The lowest BCUT2D eigenvalue weighted by Crippen LogP contribution is -2.44. The Bertz CT molecular complexity index is 1040. The van der Waals surface area contributed by atoms with Gasteiger partial charge in [0.25, 0.3) is 23.2 Å². The lowest BCUT2D eigenvalue weighted by molar-refractivity contribution is -0.385. The van der Waals surface area contributed by atoms with Crippen LogP contribution >= 0.6 is 0 Å². The maximum atomic E-state index is 13.0. The zero-order valence-corrected chi connectivity index (χ0v) is 16.2. The molecule has 1 aliphatic heterocycles. The number of benzene rings is 2. The van der Waals surface area contributed by atoms with Crippen molar-refractivity contribution in [1.82, 2.24) is 10.2 Å². The van der Waals surface area contributed by atoms with Gasteiger partial charge in [0.2, 0.25) is 0 Å². The van der Waals surface area contributed by atoms with Gasteiger partial charge < -0.3 is 15.0 Å². The van der Waals surface area contributed by atoms with Crippen molar-refractivity contribution in [3.8, 4) is 0 Å². The summed E-state index contributed by atoms with van der Waals surface area (Å²) < 4.78 is 5.24. The highest BCUT2D eigenvalue weighted by molar-refractivity contribution is 6.05. The van der Waals surface area contributed by atoms with Gasteiger partial charge in [0.15, 0.2) is 0 Å². The molecule has 11 nitrogen and oxygen atoms in total. The molecule has 0 unspecified atom stereocenters. The van der Waals surface area contributed by atoms with Crippen LogP contribution in [0.4, 0.5) is 11.4 Å². The first-order valence-electron chi connectivity index (χ1n) is 9.24. The molecule has 0 aliphatic carbocycles. The zero-order chi connectivity index (χ0) is 22.4. The molecule has 1 aliphatic rings. The van der Waals surface area contributed by atoms with Crippen molar-refractivity contribution in [2.24, 2.45) is 0 Å². The van der Waals surface area contributed by atoms with Crippen molar-refractivity contribution >= 4 is 29.3 Å². The summed E-state index contributed by atoms with van der Waals surface area (Å²) >= 11 is 0. The normalized spacial score (nSPS) is 14.1. The van der Waals surface area contributed by atoms with Gasteiger partial charge in [0, 0.05) is 42.9 Å². The van der Waals surface area contributed by atoms with Gasteiger partial charge in [-0.15, -0.1) is 0 Å². The van der Waals surface area contributed by atoms with Crippen LogP contribution in [0.5, 0.6) is 0 Å². The number of morpholine rings is 1. The van der Waals surface area contributed by atoms with Crippen LogP contribution in [-0.2, 0) is 9.53 Å². The van der Waals surface area contributed by atoms with E-state index in [1.165, 1.54) is 53.4 Å². The van der Waals surface area contributed by atoms with Gasteiger partial charge in [0.05, 0.1) is 23.1 Å². The monoisotopic (exact) mass is 426 g/mol. The minimum Gasteiger partial charge on any atom is -0.378 e. The first-order valence-corrected chi connectivity index (χ1v) is 9.24. The minimum absolute atomic E-state index is 0.0780. The molecule has 31 heavy (non-hydrogen) atoms. The fourth-order valence-corrected chi connectivity index (χ4v) is 2.91. The Hall–Kier alpha value is -4.12. The summed E-state index contributed by atoms with van der Waals surface area (Å²) in [6, 6.07) is 10.6. The van der Waals surface area contributed by atoms with Gasteiger partial charge in [-0.3, -0.25) is 29.8 Å². The van der Waals surface area contributed by atoms with Gasteiger partial charge in [-0.2, -0.15) is 0 Å². The second-order valence-electron chi connectivity index (χ2n) is 6.57. The molecule has 1 N–H and O–H groups in total. The van der Waals surface area contributed by atoms with Crippen LogP contribution in [0, 0.1) is 20.2 Å². The van der Waals surface area contributed by atoms with E-state index in [1.54, 1.807) is 6.07 Å². The highest BCUT2D eigenvalue weighted by Crippen LogP contribution is 2.17. The molecule has 2 amide bonds. The summed E-state index contributed by atoms with van der Waals surface area (Å²) in [6.07, 6.45) is 1.36. The number of non-ortho nitro benzene ring substituents is 2. The second kappa shape index (κ2) is 9.59. The molecule has 0 saturated carbocycles. The summed E-state index contributed by atoms with van der Waals surface area (Å²) in [4.78, 5) is 47.8. The number of nitrogens with zero attached hydrogens (tertiary/aromatic N) is 3. The van der Waals surface area contributed by atoms with Crippen LogP contribution in [0.2, 0.25) is 0 Å². The maximum absolute atomic E-state index is 13.0. The number of hydrogen-bond acceptors (Lipinski definition) is 7. The molecule has 0 aromatic heterocycles. The fourth-order valence-electron chi connectivity index (χ4n) is 2.91. The number of hydrogen-bond donors (Lipinski definition) is 1. The molecule has 2 aromatic carbocycles. The number of nitro benzene ring substituents is 2. The van der Waals surface area contributed by atoms with Gasteiger partial charge in [-0.1, -0.05) is 12.1 Å². The molecular formula is C20H18N4O7. The third-order valence-electron chi connectivity index (χ3n) is 4.51. The standard InChI is InChI=1S/C20H18N4O7/c25-19(15-4-6-16(7-5-15)23(27)28)21-18(20(26)22-8-10-31-11-9-22)13-14-2-1-3-17(12-14)24(29)30/h1-7,12-13H,8-11H2,(H,21,25)/b18-13+. The number of nitro groups is 2. The SMILES string of the molecule is O=C(N/C(=C/c1cccc([N+](=O)[O-])c1)C(=O)N1CCOCC1)c1ccc([N+](=O)[O-])cc1. The van der Waals surface area contributed by atoms with Crippen LogP contribution in [-0.4, -0.2) is 52.9 Å². The van der Waals surface area contributed by atoms with E-state index in [9.17, 15) is 29.8 Å². The van der Waals surface area contributed by atoms with Crippen molar-refractivity contribution in [3.63, 3.8) is 0 Å². The van der Waals surface area contributed by atoms with E-state index < -0.39 is 21.7 Å². The highest BCUT2D eigenvalue weighted by atomic mass is 16.6. The van der Waals surface area contributed by atoms with Crippen molar-refractivity contribution in [2.45, 2.75) is 0 Å². The van der Waals surface area contributed by atoms with Gasteiger partial charge in [0.1, 0.15) is 5.70 Å². The number of rotatable bonds is 6. The third-order valence-corrected chi connectivity index (χ3v) is 4.51. The Morgan fingerprint density at radius 2 is 1.61 bits per heavy atom. The van der Waals surface area contributed by atoms with E-state index >= 15 is 0 Å². The first kappa shape index (κ1) is 21.6. The molecule has 0 atom stereocenters. The lowest BCUT2D eigenvalue weighted by atomic mass is 10.1. The van der Waals surface area contributed by atoms with E-state index in [-0.39, 0.29) is 22.6 Å². The average molecular weight is 426 g/mol. The Labute approximate surface area is 176 Å². The molecule has 1 saturated heterocycles. The molecule has 2 aromatic rings. The van der Waals surface area contributed by atoms with Crippen molar-refractivity contribution in [3.05, 3.63) is 85.6 Å². The topological polar surface area (TPSA) is 145 Å². The summed E-state index contributed by atoms with van der Waals surface area (Å²) in [5.41, 5.74) is 0.0628. The molecular weight excluding hydrogens is 408 g/mol. The fraction of sp³-hybridized carbons (Fsp3) is 0.200. The van der Waals surface area contributed by atoms with Crippen LogP contribution < -0.4 is 5.32 Å². The van der Waals surface area contributed by atoms with Crippen LogP contribution in [0.1, 0.15) is 15.9 Å². The Morgan fingerprint density at radius 1 is 0.968 bits per heavy atom. The Balaban J connectivity index is 1.90. The van der Waals surface area contributed by atoms with Gasteiger partial charge in [-0.25, -0.2) is 0 Å². The molecule has 3 rings (SSSR count). The second-order valence-corrected chi connectivity index (χ2v) is 6.57. The number of amides is 2. The van der Waals surface area contributed by atoms with E-state index in [1.807, 2.05) is 0 Å². The molecule has 0 radical (unpaired) electrons. The van der Waals surface area contributed by atoms with E-state index in [4.69, 9.17) is 4.74 Å². The smallest absolute Gasteiger partial charge is 0.270 e. The number of ether oxygens (including phenoxy) is 1. The molecule has 0 spiro atoms. The summed E-state index contributed by atoms with van der Waals surface area (Å²) in [6.45, 7) is 1.37. The van der Waals surface area contributed by atoms with E-state index in [2.05, 4.69) is 5.32 Å². The molecule has 11 heteroatoms. The Kier molecular flexibility index (Phi) is 6.67. The average Bonchev–Trinajstić information content (AvgIpc) is 2.79. The number of carbonyl (C=O) groups excluding carboxylic acids is 2. The van der Waals surface area contributed by atoms with Crippen molar-refractivity contribution in [2.75, 3.05) is 26.3 Å². The minimum atomic E-state index is -0.645. The number of nitrogens with one attached hydrogen (secondary N) is 1. The Morgan fingerprint density at radius 3 is 2.23 bits per heavy atom. The molecule has 160 valence electrons. The van der Waals surface area contributed by atoms with Gasteiger partial charge in [-0.05, 0) is 23.8 Å². The summed E-state index contributed by atoms with van der Waals surface area (Å²) in [5, 5.41) is 24.4. The lowest BCUT2D eigenvalue weighted by Gasteiger charge is -2.27. The molecule has 1 heterocycles. The van der Waals surface area contributed by atoms with E-state index in [0.717, 1.165) is 0 Å². The maximum Gasteiger partial charge on any atom is 0.270 e.